The predicted molar refractivity (Wildman–Crippen MR) is 74.0 cm³/mol. The van der Waals surface area contributed by atoms with Gasteiger partial charge in [-0.2, -0.15) is 5.10 Å². The minimum absolute atomic E-state index is 0.325. The molecule has 0 spiro atoms. The molecule has 0 radical (unpaired) electrons. The van der Waals surface area contributed by atoms with Crippen LogP contribution in [0, 0.1) is 12.3 Å². The zero-order valence-corrected chi connectivity index (χ0v) is 11.9. The smallest absolute Gasteiger partial charge is 0.0596 e. The Morgan fingerprint density at radius 1 is 1.44 bits per heavy atom. The number of aromatic nitrogens is 2. The second-order valence-electron chi connectivity index (χ2n) is 6.04. The fraction of sp³-hybridized carbons (Fsp3) is 0.786. The van der Waals surface area contributed by atoms with Gasteiger partial charge in [-0.15, -0.1) is 0 Å². The molecule has 2 rings (SSSR count). The van der Waals surface area contributed by atoms with E-state index in [1.54, 1.807) is 0 Å². The second kappa shape index (κ2) is 5.41. The first-order valence-corrected chi connectivity index (χ1v) is 7.01. The minimum Gasteiger partial charge on any atom is -0.272 e. The highest BCUT2D eigenvalue weighted by molar-refractivity contribution is 5.11. The summed E-state index contributed by atoms with van der Waals surface area (Å²) in [6.07, 6.45) is 7.55. The fourth-order valence-electron chi connectivity index (χ4n) is 3.28. The van der Waals surface area contributed by atoms with Crippen molar-refractivity contribution in [3.8, 4) is 0 Å². The highest BCUT2D eigenvalue weighted by Crippen LogP contribution is 2.39. The molecule has 0 amide bonds. The minimum atomic E-state index is 0.325. The highest BCUT2D eigenvalue weighted by Gasteiger charge is 2.35. The molecule has 1 saturated carbocycles. The average Bonchev–Trinajstić information content (AvgIpc) is 2.65. The van der Waals surface area contributed by atoms with Crippen molar-refractivity contribution in [1.29, 1.82) is 0 Å². The van der Waals surface area contributed by atoms with Crippen LogP contribution in [-0.4, -0.2) is 15.8 Å². The summed E-state index contributed by atoms with van der Waals surface area (Å²) in [5.41, 5.74) is 5.73. The van der Waals surface area contributed by atoms with E-state index in [2.05, 4.69) is 23.5 Å². The van der Waals surface area contributed by atoms with Crippen LogP contribution < -0.4 is 11.3 Å². The molecule has 4 heteroatoms. The molecule has 4 nitrogen and oxygen atoms in total. The second-order valence-corrected chi connectivity index (χ2v) is 6.04. The molecular formula is C14H26N4. The third kappa shape index (κ3) is 2.75. The number of aryl methyl sites for hydroxylation is 2. The van der Waals surface area contributed by atoms with Crippen molar-refractivity contribution < 1.29 is 0 Å². The molecule has 1 aromatic heterocycles. The highest BCUT2D eigenvalue weighted by atomic mass is 15.3. The van der Waals surface area contributed by atoms with Gasteiger partial charge in [0, 0.05) is 25.2 Å². The van der Waals surface area contributed by atoms with Gasteiger partial charge in [0.15, 0.2) is 0 Å². The van der Waals surface area contributed by atoms with Gasteiger partial charge in [0.05, 0.1) is 5.69 Å². The van der Waals surface area contributed by atoms with Crippen LogP contribution in [0.1, 0.15) is 50.4 Å². The van der Waals surface area contributed by atoms with E-state index in [4.69, 9.17) is 5.84 Å². The van der Waals surface area contributed by atoms with Gasteiger partial charge in [-0.05, 0) is 31.2 Å². The number of rotatable bonds is 4. The zero-order chi connectivity index (χ0) is 13.2. The van der Waals surface area contributed by atoms with E-state index in [0.29, 0.717) is 11.5 Å². The SMILES string of the molecule is Cc1cc(CC(NN)C2(C)CCCCC2)n(C)n1. The molecule has 0 saturated heterocycles. The summed E-state index contributed by atoms with van der Waals surface area (Å²) in [5.74, 6) is 5.81. The Kier molecular flexibility index (Phi) is 4.07. The molecule has 1 aliphatic rings. The van der Waals surface area contributed by atoms with E-state index in [9.17, 15) is 0 Å². The van der Waals surface area contributed by atoms with Gasteiger partial charge in [0.2, 0.25) is 0 Å². The average molecular weight is 250 g/mol. The van der Waals surface area contributed by atoms with Crippen molar-refractivity contribution in [2.45, 2.75) is 58.4 Å². The van der Waals surface area contributed by atoms with Crippen LogP contribution >= 0.6 is 0 Å². The summed E-state index contributed by atoms with van der Waals surface area (Å²) in [7, 11) is 2.01. The number of hydrogen-bond acceptors (Lipinski definition) is 3. The van der Waals surface area contributed by atoms with Gasteiger partial charge in [-0.1, -0.05) is 26.2 Å². The zero-order valence-electron chi connectivity index (χ0n) is 11.9. The number of nitrogens with two attached hydrogens (primary N) is 1. The number of nitrogens with zero attached hydrogens (tertiary/aromatic N) is 2. The van der Waals surface area contributed by atoms with E-state index in [1.165, 1.54) is 37.8 Å². The maximum atomic E-state index is 5.81. The topological polar surface area (TPSA) is 55.9 Å². The molecule has 1 aliphatic carbocycles. The maximum absolute atomic E-state index is 5.81. The molecule has 3 N–H and O–H groups in total. The molecule has 1 aromatic rings. The fourth-order valence-corrected chi connectivity index (χ4v) is 3.28. The van der Waals surface area contributed by atoms with Crippen LogP contribution in [0.15, 0.2) is 6.07 Å². The molecule has 0 aliphatic heterocycles. The molecule has 0 aromatic carbocycles. The van der Waals surface area contributed by atoms with Crippen molar-refractivity contribution in [3.05, 3.63) is 17.5 Å². The third-order valence-electron chi connectivity index (χ3n) is 4.55. The van der Waals surface area contributed by atoms with Crippen molar-refractivity contribution >= 4 is 0 Å². The van der Waals surface area contributed by atoms with E-state index >= 15 is 0 Å². The summed E-state index contributed by atoms with van der Waals surface area (Å²) in [5, 5.41) is 4.41. The molecule has 18 heavy (non-hydrogen) atoms. The third-order valence-corrected chi connectivity index (χ3v) is 4.55. The summed E-state index contributed by atoms with van der Waals surface area (Å²) in [6, 6.07) is 2.50. The molecular weight excluding hydrogens is 224 g/mol. The van der Waals surface area contributed by atoms with Crippen molar-refractivity contribution in [2.24, 2.45) is 18.3 Å². The summed E-state index contributed by atoms with van der Waals surface area (Å²) < 4.78 is 1.98. The van der Waals surface area contributed by atoms with Gasteiger partial charge in [-0.25, -0.2) is 0 Å². The van der Waals surface area contributed by atoms with Gasteiger partial charge in [-0.3, -0.25) is 16.0 Å². The first-order chi connectivity index (χ1) is 8.55. The largest absolute Gasteiger partial charge is 0.272 e. The Balaban J connectivity index is 2.11. The van der Waals surface area contributed by atoms with Crippen LogP contribution in [-0.2, 0) is 13.5 Å². The van der Waals surface area contributed by atoms with Crippen LogP contribution in [0.5, 0.6) is 0 Å². The number of nitrogens with one attached hydrogen (secondary N) is 1. The van der Waals surface area contributed by atoms with Crippen molar-refractivity contribution in [2.75, 3.05) is 0 Å². The lowest BCUT2D eigenvalue weighted by Gasteiger charge is -2.40. The number of hydrogen-bond donors (Lipinski definition) is 2. The number of hydrazine groups is 1. The summed E-state index contributed by atoms with van der Waals surface area (Å²) >= 11 is 0. The Hall–Kier alpha value is -0.870. The quantitative estimate of drug-likeness (QED) is 0.635. The maximum Gasteiger partial charge on any atom is 0.0596 e. The summed E-state index contributed by atoms with van der Waals surface area (Å²) in [4.78, 5) is 0. The molecule has 1 unspecified atom stereocenters. The Labute approximate surface area is 110 Å². The van der Waals surface area contributed by atoms with Gasteiger partial charge >= 0.3 is 0 Å². The Morgan fingerprint density at radius 3 is 2.61 bits per heavy atom. The molecule has 0 bridgehead atoms. The van der Waals surface area contributed by atoms with Crippen LogP contribution in [0.25, 0.3) is 0 Å². The molecule has 102 valence electrons. The Bertz CT molecular complexity index is 390. The molecule has 1 heterocycles. The van der Waals surface area contributed by atoms with Crippen LogP contribution in [0.2, 0.25) is 0 Å². The lowest BCUT2D eigenvalue weighted by atomic mass is 9.69. The monoisotopic (exact) mass is 250 g/mol. The van der Waals surface area contributed by atoms with Crippen molar-refractivity contribution in [1.82, 2.24) is 15.2 Å². The first-order valence-electron chi connectivity index (χ1n) is 7.01. The molecule has 1 fully saturated rings. The lowest BCUT2D eigenvalue weighted by Crippen LogP contribution is -2.49. The molecule has 1 atom stereocenters. The van der Waals surface area contributed by atoms with Crippen LogP contribution in [0.3, 0.4) is 0 Å². The van der Waals surface area contributed by atoms with Gasteiger partial charge in [0.1, 0.15) is 0 Å². The van der Waals surface area contributed by atoms with E-state index < -0.39 is 0 Å². The normalized spacial score (nSPS) is 20.9. The summed E-state index contributed by atoms with van der Waals surface area (Å²) in [6.45, 7) is 4.41. The van der Waals surface area contributed by atoms with Crippen LogP contribution in [0.4, 0.5) is 0 Å². The van der Waals surface area contributed by atoms with E-state index in [-0.39, 0.29) is 0 Å². The van der Waals surface area contributed by atoms with Gasteiger partial charge in [0.25, 0.3) is 0 Å². The lowest BCUT2D eigenvalue weighted by molar-refractivity contribution is 0.142. The van der Waals surface area contributed by atoms with E-state index in [0.717, 1.165) is 12.1 Å². The predicted octanol–water partition coefficient (Wildman–Crippen LogP) is 2.07. The van der Waals surface area contributed by atoms with Gasteiger partial charge < -0.3 is 0 Å². The van der Waals surface area contributed by atoms with Crippen molar-refractivity contribution in [3.63, 3.8) is 0 Å². The standard InChI is InChI=1S/C14H26N4/c1-11-9-12(18(3)17-11)10-13(16-15)14(2)7-5-4-6-8-14/h9,13,16H,4-8,10,15H2,1-3H3. The first kappa shape index (κ1) is 13.6. The van der Waals surface area contributed by atoms with E-state index in [1.807, 2.05) is 18.7 Å². The Morgan fingerprint density at radius 2 is 2.11 bits per heavy atom.